The molecule has 0 unspecified atom stereocenters. The molecule has 3 N–H and O–H groups in total. The predicted octanol–water partition coefficient (Wildman–Crippen LogP) is 0.835. The Morgan fingerprint density at radius 2 is 1.92 bits per heavy atom. The van der Waals surface area contributed by atoms with E-state index in [0.29, 0.717) is 5.69 Å². The number of nitrogens with zero attached hydrogens (tertiary/aromatic N) is 2. The maximum atomic E-state index is 12.1. The Morgan fingerprint density at radius 1 is 1.29 bits per heavy atom. The van der Waals surface area contributed by atoms with Gasteiger partial charge in [-0.25, -0.2) is 4.79 Å². The summed E-state index contributed by atoms with van der Waals surface area (Å²) in [5.74, 6) is -1.46. The number of hydrogen-bond acceptors (Lipinski definition) is 6. The van der Waals surface area contributed by atoms with Gasteiger partial charge in [0.05, 0.1) is 4.92 Å². The van der Waals surface area contributed by atoms with Crippen LogP contribution >= 0.6 is 0 Å². The molecule has 0 saturated carbocycles. The summed E-state index contributed by atoms with van der Waals surface area (Å²) in [6.07, 6.45) is 0.106. The summed E-state index contributed by atoms with van der Waals surface area (Å²) in [7, 11) is 0. The maximum absolute atomic E-state index is 12.1. The molecular formula is C15H19N3O6. The topological polar surface area (TPSA) is 133 Å². The number of para-hydroxylation sites is 2. The number of anilines is 1. The van der Waals surface area contributed by atoms with Crippen molar-refractivity contribution < 1.29 is 24.7 Å². The van der Waals surface area contributed by atoms with Crippen LogP contribution in [-0.2, 0) is 9.59 Å². The number of aliphatic carboxylic acids is 1. The maximum Gasteiger partial charge on any atom is 0.335 e. The van der Waals surface area contributed by atoms with Crippen molar-refractivity contribution in [3.63, 3.8) is 0 Å². The first kappa shape index (κ1) is 17.7. The van der Waals surface area contributed by atoms with Crippen molar-refractivity contribution in [1.82, 2.24) is 4.90 Å². The number of carbonyl (C=O) groups excluding carboxylic acids is 1. The molecule has 130 valence electrons. The van der Waals surface area contributed by atoms with Crippen molar-refractivity contribution in [3.8, 4) is 0 Å². The third-order valence-corrected chi connectivity index (χ3v) is 4.10. The Morgan fingerprint density at radius 3 is 2.50 bits per heavy atom. The second kappa shape index (κ2) is 7.26. The summed E-state index contributed by atoms with van der Waals surface area (Å²) < 4.78 is 0. The second-order valence-corrected chi connectivity index (χ2v) is 5.67. The number of benzene rings is 1. The molecule has 1 saturated heterocycles. The van der Waals surface area contributed by atoms with E-state index in [4.69, 9.17) is 5.11 Å². The lowest BCUT2D eigenvalue weighted by molar-refractivity contribution is -0.384. The molecule has 1 amide bonds. The van der Waals surface area contributed by atoms with Crippen molar-refractivity contribution in [1.29, 1.82) is 0 Å². The molecule has 2 rings (SSSR count). The number of rotatable bonds is 6. The highest BCUT2D eigenvalue weighted by atomic mass is 16.6. The smallest absolute Gasteiger partial charge is 0.335 e. The van der Waals surface area contributed by atoms with Crippen LogP contribution in [0.25, 0.3) is 0 Å². The van der Waals surface area contributed by atoms with Crippen molar-refractivity contribution in [3.05, 3.63) is 34.4 Å². The van der Waals surface area contributed by atoms with Crippen LogP contribution in [0.2, 0.25) is 0 Å². The first-order chi connectivity index (χ1) is 11.3. The van der Waals surface area contributed by atoms with E-state index in [-0.39, 0.29) is 50.5 Å². The van der Waals surface area contributed by atoms with Gasteiger partial charge in [-0.3, -0.25) is 14.9 Å². The Balaban J connectivity index is 1.83. The fourth-order valence-corrected chi connectivity index (χ4v) is 2.58. The number of carboxylic acid groups (broad SMARTS) is 1. The largest absolute Gasteiger partial charge is 0.479 e. The standard InChI is InChI=1S/C15H19N3O6/c19-13(17-9-6-15(22,7-10-17)14(20)21)5-8-16-11-3-1-2-4-12(11)18(23)24/h1-4,16,22H,5-10H2,(H,20,21). The molecule has 0 bridgehead atoms. The molecule has 0 spiro atoms. The lowest BCUT2D eigenvalue weighted by atomic mass is 9.91. The predicted molar refractivity (Wildman–Crippen MR) is 84.6 cm³/mol. The molecule has 1 aromatic rings. The Bertz CT molecular complexity index is 640. The highest BCUT2D eigenvalue weighted by Crippen LogP contribution is 2.24. The van der Waals surface area contributed by atoms with Gasteiger partial charge >= 0.3 is 5.97 Å². The third-order valence-electron chi connectivity index (χ3n) is 4.10. The molecular weight excluding hydrogens is 318 g/mol. The molecule has 1 heterocycles. The first-order valence-electron chi connectivity index (χ1n) is 7.54. The Labute approximate surface area is 138 Å². The number of hydrogen-bond donors (Lipinski definition) is 3. The summed E-state index contributed by atoms with van der Waals surface area (Å²) >= 11 is 0. The molecule has 1 aromatic carbocycles. The van der Waals surface area contributed by atoms with E-state index in [9.17, 15) is 24.8 Å². The third kappa shape index (κ3) is 3.99. The SMILES string of the molecule is O=C(CCNc1ccccc1[N+](=O)[O-])N1CCC(O)(C(=O)O)CC1. The lowest BCUT2D eigenvalue weighted by Crippen LogP contribution is -2.51. The highest BCUT2D eigenvalue weighted by Gasteiger charge is 2.40. The summed E-state index contributed by atoms with van der Waals surface area (Å²) in [5.41, 5.74) is -1.48. The van der Waals surface area contributed by atoms with Gasteiger partial charge in [0, 0.05) is 45.0 Å². The molecule has 0 aromatic heterocycles. The van der Waals surface area contributed by atoms with Gasteiger partial charge in [-0.05, 0) is 6.07 Å². The molecule has 9 heteroatoms. The molecule has 0 atom stereocenters. The van der Waals surface area contributed by atoms with Gasteiger partial charge in [0.15, 0.2) is 5.60 Å². The van der Waals surface area contributed by atoms with E-state index in [0.717, 1.165) is 0 Å². The van der Waals surface area contributed by atoms with Crippen LogP contribution in [0, 0.1) is 10.1 Å². The molecule has 9 nitrogen and oxygen atoms in total. The van der Waals surface area contributed by atoms with Crippen LogP contribution in [0.4, 0.5) is 11.4 Å². The lowest BCUT2D eigenvalue weighted by Gasteiger charge is -2.35. The number of amides is 1. The number of carboxylic acids is 1. The molecule has 1 aliphatic heterocycles. The number of likely N-dealkylation sites (tertiary alicyclic amines) is 1. The van der Waals surface area contributed by atoms with Gasteiger partial charge in [-0.2, -0.15) is 0 Å². The average molecular weight is 337 g/mol. The van der Waals surface area contributed by atoms with Crippen molar-refractivity contribution in [2.24, 2.45) is 0 Å². The van der Waals surface area contributed by atoms with Crippen LogP contribution < -0.4 is 5.32 Å². The molecule has 0 aliphatic carbocycles. The van der Waals surface area contributed by atoms with Gasteiger partial charge in [0.2, 0.25) is 5.91 Å². The number of piperidine rings is 1. The Hall–Kier alpha value is -2.68. The summed E-state index contributed by atoms with van der Waals surface area (Å²) in [4.78, 5) is 35.0. The zero-order valence-corrected chi connectivity index (χ0v) is 13.0. The Kier molecular flexibility index (Phi) is 5.35. The average Bonchev–Trinajstić information content (AvgIpc) is 2.55. The van der Waals surface area contributed by atoms with E-state index in [1.54, 1.807) is 18.2 Å². The summed E-state index contributed by atoms with van der Waals surface area (Å²) in [5, 5.41) is 32.6. The number of nitro benzene ring substituents is 1. The molecule has 0 radical (unpaired) electrons. The van der Waals surface area contributed by atoms with Crippen LogP contribution in [-0.4, -0.2) is 57.1 Å². The first-order valence-corrected chi connectivity index (χ1v) is 7.54. The van der Waals surface area contributed by atoms with Crippen LogP contribution in [0.5, 0.6) is 0 Å². The summed E-state index contributed by atoms with van der Waals surface area (Å²) in [6, 6.07) is 6.17. The van der Waals surface area contributed by atoms with E-state index in [2.05, 4.69) is 5.32 Å². The van der Waals surface area contributed by atoms with E-state index >= 15 is 0 Å². The van der Waals surface area contributed by atoms with Gasteiger partial charge in [0.1, 0.15) is 5.69 Å². The van der Waals surface area contributed by atoms with E-state index < -0.39 is 16.5 Å². The van der Waals surface area contributed by atoms with E-state index in [1.165, 1.54) is 11.0 Å². The van der Waals surface area contributed by atoms with Gasteiger partial charge in [-0.1, -0.05) is 12.1 Å². The van der Waals surface area contributed by atoms with Crippen molar-refractivity contribution in [2.75, 3.05) is 25.0 Å². The zero-order chi connectivity index (χ0) is 17.7. The fraction of sp³-hybridized carbons (Fsp3) is 0.467. The monoisotopic (exact) mass is 337 g/mol. The minimum absolute atomic E-state index is 0.00827. The van der Waals surface area contributed by atoms with Gasteiger partial charge in [-0.15, -0.1) is 0 Å². The summed E-state index contributed by atoms with van der Waals surface area (Å²) in [6.45, 7) is 0.573. The van der Waals surface area contributed by atoms with E-state index in [1.807, 2.05) is 0 Å². The van der Waals surface area contributed by atoms with Gasteiger partial charge < -0.3 is 20.4 Å². The van der Waals surface area contributed by atoms with Crippen molar-refractivity contribution >= 4 is 23.3 Å². The minimum Gasteiger partial charge on any atom is -0.479 e. The minimum atomic E-state index is -1.76. The zero-order valence-electron chi connectivity index (χ0n) is 13.0. The normalized spacial score (nSPS) is 16.5. The number of nitrogens with one attached hydrogen (secondary N) is 1. The van der Waals surface area contributed by atoms with Crippen LogP contribution in [0.1, 0.15) is 19.3 Å². The number of nitro groups is 1. The number of carbonyl (C=O) groups is 2. The van der Waals surface area contributed by atoms with Crippen molar-refractivity contribution in [2.45, 2.75) is 24.9 Å². The molecule has 1 aliphatic rings. The van der Waals surface area contributed by atoms with Crippen LogP contribution in [0.3, 0.4) is 0 Å². The van der Waals surface area contributed by atoms with Crippen LogP contribution in [0.15, 0.2) is 24.3 Å². The quantitative estimate of drug-likeness (QED) is 0.517. The second-order valence-electron chi connectivity index (χ2n) is 5.67. The fourth-order valence-electron chi connectivity index (χ4n) is 2.58. The van der Waals surface area contributed by atoms with Gasteiger partial charge in [0.25, 0.3) is 5.69 Å². The molecule has 24 heavy (non-hydrogen) atoms. The molecule has 1 fully saturated rings. The highest BCUT2D eigenvalue weighted by molar-refractivity contribution is 5.80. The number of aliphatic hydroxyl groups is 1.